The molecule has 0 saturated carbocycles. The maximum absolute atomic E-state index is 12.8. The molecular weight excluding hydrogens is 466 g/mol. The molecule has 0 atom stereocenters. The molecule has 0 unspecified atom stereocenters. The molecule has 0 radical (unpaired) electrons. The van der Waals surface area contributed by atoms with Crippen molar-refractivity contribution < 1.29 is 13.2 Å². The van der Waals surface area contributed by atoms with Crippen molar-refractivity contribution in [2.24, 2.45) is 0 Å². The first-order valence-electron chi connectivity index (χ1n) is 9.75. The molecule has 0 fully saturated rings. The standard InChI is InChI=1S/C23H22ClN3O3S2/c1-27(19-8-3-2-4-9-19)32(29,30)20-14-12-18(13-15-20)25-23(31)26-22(28)16-11-17-7-5-6-10-21(17)24/h2-10,12-15H,11,16H2,1H3,(H2,25,26,28,31). The highest BCUT2D eigenvalue weighted by atomic mass is 35.5. The van der Waals surface area contributed by atoms with Gasteiger partial charge in [-0.2, -0.15) is 0 Å². The van der Waals surface area contributed by atoms with Crippen LogP contribution in [0.15, 0.2) is 83.8 Å². The SMILES string of the molecule is CN(c1ccccc1)S(=O)(=O)c1ccc(NC(=S)NC(=O)CCc2ccccc2Cl)cc1. The highest BCUT2D eigenvalue weighted by Gasteiger charge is 2.21. The van der Waals surface area contributed by atoms with E-state index in [0.717, 1.165) is 5.56 Å². The van der Waals surface area contributed by atoms with Gasteiger partial charge < -0.3 is 10.6 Å². The van der Waals surface area contributed by atoms with Crippen molar-refractivity contribution in [1.82, 2.24) is 5.32 Å². The van der Waals surface area contributed by atoms with E-state index in [0.29, 0.717) is 22.8 Å². The van der Waals surface area contributed by atoms with Gasteiger partial charge in [0.2, 0.25) is 5.91 Å². The van der Waals surface area contributed by atoms with Crippen molar-refractivity contribution in [2.75, 3.05) is 16.7 Å². The molecule has 0 aliphatic carbocycles. The number of nitrogens with one attached hydrogen (secondary N) is 2. The topological polar surface area (TPSA) is 78.5 Å². The lowest BCUT2D eigenvalue weighted by atomic mass is 10.1. The van der Waals surface area contributed by atoms with Gasteiger partial charge in [0.15, 0.2) is 5.11 Å². The van der Waals surface area contributed by atoms with Gasteiger partial charge in [0.05, 0.1) is 10.6 Å². The Kier molecular flexibility index (Phi) is 7.84. The predicted octanol–water partition coefficient (Wildman–Crippen LogP) is 4.61. The lowest BCUT2D eigenvalue weighted by Crippen LogP contribution is -2.34. The second kappa shape index (κ2) is 10.6. The number of aryl methyl sites for hydroxylation is 1. The van der Waals surface area contributed by atoms with Crippen molar-refractivity contribution in [1.29, 1.82) is 0 Å². The van der Waals surface area contributed by atoms with E-state index in [-0.39, 0.29) is 22.3 Å². The quantitative estimate of drug-likeness (QED) is 0.476. The second-order valence-corrected chi connectivity index (χ2v) is 9.71. The average molecular weight is 488 g/mol. The molecule has 166 valence electrons. The van der Waals surface area contributed by atoms with Crippen LogP contribution in [0.4, 0.5) is 11.4 Å². The van der Waals surface area contributed by atoms with Crippen LogP contribution in [-0.4, -0.2) is 26.5 Å². The first-order valence-corrected chi connectivity index (χ1v) is 12.0. The van der Waals surface area contributed by atoms with Crippen molar-refractivity contribution in [2.45, 2.75) is 17.7 Å². The number of benzene rings is 3. The van der Waals surface area contributed by atoms with Gasteiger partial charge in [-0.05, 0) is 66.7 Å². The maximum atomic E-state index is 12.8. The molecule has 3 rings (SSSR count). The van der Waals surface area contributed by atoms with Crippen molar-refractivity contribution in [3.05, 3.63) is 89.4 Å². The third kappa shape index (κ3) is 6.06. The fourth-order valence-electron chi connectivity index (χ4n) is 2.95. The van der Waals surface area contributed by atoms with Gasteiger partial charge >= 0.3 is 0 Å². The van der Waals surface area contributed by atoms with Gasteiger partial charge in [-0.3, -0.25) is 9.10 Å². The number of thiocarbonyl (C=S) groups is 1. The van der Waals surface area contributed by atoms with E-state index in [9.17, 15) is 13.2 Å². The summed E-state index contributed by atoms with van der Waals surface area (Å²) in [6.07, 6.45) is 0.726. The molecule has 9 heteroatoms. The number of anilines is 2. The summed E-state index contributed by atoms with van der Waals surface area (Å²) < 4.78 is 26.9. The monoisotopic (exact) mass is 487 g/mol. The zero-order chi connectivity index (χ0) is 23.1. The number of para-hydroxylation sites is 1. The van der Waals surface area contributed by atoms with Crippen LogP contribution >= 0.6 is 23.8 Å². The van der Waals surface area contributed by atoms with Crippen LogP contribution in [0.3, 0.4) is 0 Å². The number of halogens is 1. The van der Waals surface area contributed by atoms with E-state index in [1.165, 1.54) is 23.5 Å². The smallest absolute Gasteiger partial charge is 0.264 e. The van der Waals surface area contributed by atoms with E-state index in [4.69, 9.17) is 23.8 Å². The molecule has 6 nitrogen and oxygen atoms in total. The lowest BCUT2D eigenvalue weighted by molar-refractivity contribution is -0.119. The Balaban J connectivity index is 1.56. The minimum Gasteiger partial charge on any atom is -0.332 e. The fourth-order valence-corrected chi connectivity index (χ4v) is 4.60. The Morgan fingerprint density at radius 2 is 1.59 bits per heavy atom. The minimum atomic E-state index is -3.70. The first-order chi connectivity index (χ1) is 15.3. The summed E-state index contributed by atoms with van der Waals surface area (Å²) in [5, 5.41) is 6.25. The van der Waals surface area contributed by atoms with E-state index < -0.39 is 10.0 Å². The molecule has 3 aromatic carbocycles. The molecule has 2 N–H and O–H groups in total. The summed E-state index contributed by atoms with van der Waals surface area (Å²) in [4.78, 5) is 12.3. The van der Waals surface area contributed by atoms with E-state index in [2.05, 4.69) is 10.6 Å². The number of hydrogen-bond donors (Lipinski definition) is 2. The Bertz CT molecular complexity index is 1200. The summed E-state index contributed by atoms with van der Waals surface area (Å²) in [6.45, 7) is 0. The minimum absolute atomic E-state index is 0.131. The molecule has 1 amide bonds. The normalized spacial score (nSPS) is 10.9. The molecule has 0 saturated heterocycles. The predicted molar refractivity (Wildman–Crippen MR) is 133 cm³/mol. The molecule has 0 bridgehead atoms. The summed E-state index contributed by atoms with van der Waals surface area (Å²) in [6, 6.07) is 22.3. The van der Waals surface area contributed by atoms with Gasteiger partial charge in [0.25, 0.3) is 10.0 Å². The third-order valence-corrected chi connectivity index (χ3v) is 7.10. The largest absolute Gasteiger partial charge is 0.332 e. The van der Waals surface area contributed by atoms with Crippen molar-refractivity contribution in [3.63, 3.8) is 0 Å². The Morgan fingerprint density at radius 3 is 2.25 bits per heavy atom. The van der Waals surface area contributed by atoms with Crippen molar-refractivity contribution in [3.8, 4) is 0 Å². The van der Waals surface area contributed by atoms with Crippen molar-refractivity contribution >= 4 is 56.2 Å². The number of nitrogens with zero attached hydrogens (tertiary/aromatic N) is 1. The molecule has 0 aliphatic rings. The maximum Gasteiger partial charge on any atom is 0.264 e. The van der Waals surface area contributed by atoms with Crippen LogP contribution in [0.1, 0.15) is 12.0 Å². The molecule has 0 aliphatic heterocycles. The molecule has 3 aromatic rings. The molecular formula is C23H22ClN3O3S2. The summed E-state index contributed by atoms with van der Waals surface area (Å²) in [7, 11) is -2.20. The highest BCUT2D eigenvalue weighted by Crippen LogP contribution is 2.23. The average Bonchev–Trinajstić information content (AvgIpc) is 2.79. The van der Waals surface area contributed by atoms with Crippen LogP contribution in [0.25, 0.3) is 0 Å². The summed E-state index contributed by atoms with van der Waals surface area (Å²) in [5.41, 5.74) is 2.01. The molecule has 0 spiro atoms. The van der Waals surface area contributed by atoms with Crippen LogP contribution in [-0.2, 0) is 21.2 Å². The second-order valence-electron chi connectivity index (χ2n) is 6.93. The zero-order valence-corrected chi connectivity index (χ0v) is 19.7. The Labute approximate surface area is 198 Å². The number of sulfonamides is 1. The Hall–Kier alpha value is -2.94. The molecule has 32 heavy (non-hydrogen) atoms. The van der Waals surface area contributed by atoms with Gasteiger partial charge in [-0.1, -0.05) is 48.0 Å². The van der Waals surface area contributed by atoms with Crippen LogP contribution in [0.5, 0.6) is 0 Å². The number of carbonyl (C=O) groups excluding carboxylic acids is 1. The summed E-state index contributed by atoms with van der Waals surface area (Å²) in [5.74, 6) is -0.244. The zero-order valence-electron chi connectivity index (χ0n) is 17.3. The van der Waals surface area contributed by atoms with Gasteiger partial charge in [0.1, 0.15) is 0 Å². The van der Waals surface area contributed by atoms with Gasteiger partial charge in [0, 0.05) is 24.2 Å². The number of amides is 1. The summed E-state index contributed by atoms with van der Waals surface area (Å²) >= 11 is 11.3. The molecule has 0 heterocycles. The first kappa shape index (κ1) is 23.7. The van der Waals surface area contributed by atoms with Crippen LogP contribution in [0, 0.1) is 0 Å². The third-order valence-electron chi connectivity index (χ3n) is 4.72. The van der Waals surface area contributed by atoms with E-state index >= 15 is 0 Å². The van der Waals surface area contributed by atoms with Gasteiger partial charge in [-0.25, -0.2) is 8.42 Å². The van der Waals surface area contributed by atoms with E-state index in [1.54, 1.807) is 42.5 Å². The van der Waals surface area contributed by atoms with Gasteiger partial charge in [-0.15, -0.1) is 0 Å². The van der Waals surface area contributed by atoms with Crippen LogP contribution in [0.2, 0.25) is 5.02 Å². The number of hydrogen-bond acceptors (Lipinski definition) is 4. The fraction of sp³-hybridized carbons (Fsp3) is 0.130. The number of rotatable bonds is 7. The Morgan fingerprint density at radius 1 is 0.969 bits per heavy atom. The number of carbonyl (C=O) groups is 1. The van der Waals surface area contributed by atoms with E-state index in [1.807, 2.05) is 24.3 Å². The molecule has 0 aromatic heterocycles. The lowest BCUT2D eigenvalue weighted by Gasteiger charge is -2.19. The highest BCUT2D eigenvalue weighted by molar-refractivity contribution is 7.92. The van der Waals surface area contributed by atoms with Crippen LogP contribution < -0.4 is 14.9 Å².